The second kappa shape index (κ2) is 5.53. The molecule has 1 aromatic heterocycles. The van der Waals surface area contributed by atoms with Crippen LogP contribution in [0.2, 0.25) is 0 Å². The van der Waals surface area contributed by atoms with Crippen LogP contribution in [0.5, 0.6) is 0 Å². The summed E-state index contributed by atoms with van der Waals surface area (Å²) in [5.74, 6) is 0.118. The topological polar surface area (TPSA) is 75.6 Å². The van der Waals surface area contributed by atoms with Gasteiger partial charge in [-0.05, 0) is 25.0 Å². The van der Waals surface area contributed by atoms with Gasteiger partial charge in [0.15, 0.2) is 5.58 Å². The summed E-state index contributed by atoms with van der Waals surface area (Å²) in [6.07, 6.45) is 3.75. The summed E-state index contributed by atoms with van der Waals surface area (Å²) in [6.45, 7) is 2.82. The normalized spacial score (nSPS) is 21.1. The van der Waals surface area contributed by atoms with Crippen molar-refractivity contribution in [3.8, 4) is 0 Å². The lowest BCUT2D eigenvalue weighted by molar-refractivity contribution is -0.137. The molecule has 1 saturated heterocycles. The van der Waals surface area contributed by atoms with Crippen LogP contribution in [0.3, 0.4) is 0 Å². The van der Waals surface area contributed by atoms with Crippen molar-refractivity contribution >= 4 is 23.0 Å². The lowest BCUT2D eigenvalue weighted by Crippen LogP contribution is -2.58. The minimum Gasteiger partial charge on any atom is -0.423 e. The zero-order valence-corrected chi connectivity index (χ0v) is 13.2. The van der Waals surface area contributed by atoms with Gasteiger partial charge in [0.1, 0.15) is 5.52 Å². The Hall–Kier alpha value is -2.08. The number of amides is 1. The standard InChI is InChI=1S/C17H22N4O2/c18-17(7-3-4-8-17)15(22)20-9-11-21(12-10-20)16-19-13-5-1-2-6-14(13)23-16/h1-2,5-6H,3-4,7-12,18H2. The number of aromatic nitrogens is 1. The van der Waals surface area contributed by atoms with Gasteiger partial charge in [0, 0.05) is 26.2 Å². The molecule has 1 aliphatic carbocycles. The molecule has 122 valence electrons. The predicted octanol–water partition coefficient (Wildman–Crippen LogP) is 1.75. The highest BCUT2D eigenvalue weighted by Crippen LogP contribution is 2.30. The van der Waals surface area contributed by atoms with E-state index in [1.807, 2.05) is 29.2 Å². The zero-order valence-electron chi connectivity index (χ0n) is 13.2. The first-order valence-corrected chi connectivity index (χ1v) is 8.34. The van der Waals surface area contributed by atoms with Gasteiger partial charge in [-0.15, -0.1) is 0 Å². The lowest BCUT2D eigenvalue weighted by atomic mass is 9.97. The van der Waals surface area contributed by atoms with E-state index < -0.39 is 5.54 Å². The molecule has 1 amide bonds. The van der Waals surface area contributed by atoms with Crippen LogP contribution < -0.4 is 10.6 Å². The van der Waals surface area contributed by atoms with Crippen molar-refractivity contribution in [3.05, 3.63) is 24.3 Å². The summed E-state index contributed by atoms with van der Waals surface area (Å²) in [6, 6.07) is 8.40. The van der Waals surface area contributed by atoms with E-state index in [0.29, 0.717) is 19.1 Å². The summed E-state index contributed by atoms with van der Waals surface area (Å²) in [5, 5.41) is 0. The Balaban J connectivity index is 1.43. The first-order chi connectivity index (χ1) is 11.2. The third-order valence-electron chi connectivity index (χ3n) is 5.04. The largest absolute Gasteiger partial charge is 0.423 e. The fourth-order valence-electron chi connectivity index (χ4n) is 3.63. The van der Waals surface area contributed by atoms with Gasteiger partial charge in [-0.1, -0.05) is 25.0 Å². The third-order valence-corrected chi connectivity index (χ3v) is 5.04. The molecule has 2 heterocycles. The van der Waals surface area contributed by atoms with Gasteiger partial charge in [-0.2, -0.15) is 4.98 Å². The van der Waals surface area contributed by atoms with Gasteiger partial charge in [0.05, 0.1) is 5.54 Å². The van der Waals surface area contributed by atoms with E-state index >= 15 is 0 Å². The molecule has 1 saturated carbocycles. The first kappa shape index (κ1) is 14.5. The predicted molar refractivity (Wildman–Crippen MR) is 88.2 cm³/mol. The van der Waals surface area contributed by atoms with E-state index in [4.69, 9.17) is 10.2 Å². The van der Waals surface area contributed by atoms with Crippen LogP contribution in [0.25, 0.3) is 11.1 Å². The fraction of sp³-hybridized carbons (Fsp3) is 0.529. The highest BCUT2D eigenvalue weighted by atomic mass is 16.4. The molecule has 4 rings (SSSR count). The molecule has 1 aliphatic heterocycles. The lowest BCUT2D eigenvalue weighted by Gasteiger charge is -2.37. The molecule has 2 N–H and O–H groups in total. The molecular formula is C17H22N4O2. The Morgan fingerprint density at radius 2 is 1.83 bits per heavy atom. The van der Waals surface area contributed by atoms with E-state index in [1.54, 1.807) is 0 Å². The number of para-hydroxylation sites is 2. The summed E-state index contributed by atoms with van der Waals surface area (Å²) >= 11 is 0. The molecule has 6 heteroatoms. The first-order valence-electron chi connectivity index (χ1n) is 8.34. The van der Waals surface area contributed by atoms with Gasteiger partial charge in [-0.25, -0.2) is 0 Å². The molecule has 0 bridgehead atoms. The second-order valence-corrected chi connectivity index (χ2v) is 6.61. The van der Waals surface area contributed by atoms with Crippen molar-refractivity contribution < 1.29 is 9.21 Å². The number of hydrogen-bond acceptors (Lipinski definition) is 5. The number of carbonyl (C=O) groups is 1. The van der Waals surface area contributed by atoms with Gasteiger partial charge in [-0.3, -0.25) is 4.79 Å². The van der Waals surface area contributed by atoms with E-state index in [-0.39, 0.29) is 5.91 Å². The van der Waals surface area contributed by atoms with Crippen LogP contribution in [0.15, 0.2) is 28.7 Å². The zero-order chi connectivity index (χ0) is 15.9. The number of piperazine rings is 1. The number of benzene rings is 1. The Kier molecular flexibility index (Phi) is 3.49. The quantitative estimate of drug-likeness (QED) is 0.914. The number of oxazole rings is 1. The van der Waals surface area contributed by atoms with Crippen molar-refractivity contribution in [1.29, 1.82) is 0 Å². The SMILES string of the molecule is NC1(C(=O)N2CCN(c3nc4ccccc4o3)CC2)CCCC1. The molecule has 2 fully saturated rings. The van der Waals surface area contributed by atoms with Crippen molar-refractivity contribution in [2.75, 3.05) is 31.1 Å². The summed E-state index contributed by atoms with van der Waals surface area (Å²) < 4.78 is 5.81. The molecule has 0 spiro atoms. The van der Waals surface area contributed by atoms with Crippen LogP contribution in [-0.4, -0.2) is 47.5 Å². The van der Waals surface area contributed by atoms with Crippen LogP contribution in [0.4, 0.5) is 6.01 Å². The Morgan fingerprint density at radius 3 is 2.52 bits per heavy atom. The van der Waals surface area contributed by atoms with Crippen LogP contribution >= 0.6 is 0 Å². The summed E-state index contributed by atoms with van der Waals surface area (Å²) in [4.78, 5) is 21.2. The number of hydrogen-bond donors (Lipinski definition) is 1. The Morgan fingerprint density at radius 1 is 1.13 bits per heavy atom. The molecule has 2 aromatic rings. The van der Waals surface area contributed by atoms with Crippen molar-refractivity contribution in [1.82, 2.24) is 9.88 Å². The van der Waals surface area contributed by atoms with Gasteiger partial charge >= 0.3 is 0 Å². The molecule has 23 heavy (non-hydrogen) atoms. The highest BCUT2D eigenvalue weighted by Gasteiger charge is 2.40. The molecule has 6 nitrogen and oxygen atoms in total. The average Bonchev–Trinajstić information content (AvgIpc) is 3.21. The van der Waals surface area contributed by atoms with E-state index in [0.717, 1.165) is 49.9 Å². The number of fused-ring (bicyclic) bond motifs is 1. The number of nitrogens with zero attached hydrogens (tertiary/aromatic N) is 3. The molecule has 1 aromatic carbocycles. The van der Waals surface area contributed by atoms with Crippen LogP contribution in [0.1, 0.15) is 25.7 Å². The summed E-state index contributed by atoms with van der Waals surface area (Å²) in [7, 11) is 0. The van der Waals surface area contributed by atoms with E-state index in [2.05, 4.69) is 9.88 Å². The van der Waals surface area contributed by atoms with Gasteiger partial charge in [0.25, 0.3) is 6.01 Å². The number of nitrogens with two attached hydrogens (primary N) is 1. The van der Waals surface area contributed by atoms with Gasteiger partial charge < -0.3 is 20.0 Å². The maximum absolute atomic E-state index is 12.6. The number of anilines is 1. The number of carbonyl (C=O) groups excluding carboxylic acids is 1. The fourth-order valence-corrected chi connectivity index (χ4v) is 3.63. The molecular weight excluding hydrogens is 292 g/mol. The molecule has 0 atom stereocenters. The van der Waals surface area contributed by atoms with Crippen molar-refractivity contribution in [2.24, 2.45) is 5.73 Å². The maximum Gasteiger partial charge on any atom is 0.298 e. The van der Waals surface area contributed by atoms with Crippen LogP contribution in [0, 0.1) is 0 Å². The van der Waals surface area contributed by atoms with Crippen molar-refractivity contribution in [3.63, 3.8) is 0 Å². The van der Waals surface area contributed by atoms with E-state index in [1.165, 1.54) is 0 Å². The van der Waals surface area contributed by atoms with Crippen molar-refractivity contribution in [2.45, 2.75) is 31.2 Å². The maximum atomic E-state index is 12.6. The smallest absolute Gasteiger partial charge is 0.298 e. The van der Waals surface area contributed by atoms with Crippen LogP contribution in [-0.2, 0) is 4.79 Å². The minimum atomic E-state index is -0.625. The monoisotopic (exact) mass is 314 g/mol. The Labute approximate surface area is 135 Å². The highest BCUT2D eigenvalue weighted by molar-refractivity contribution is 5.86. The summed E-state index contributed by atoms with van der Waals surface area (Å²) in [5.41, 5.74) is 7.34. The number of rotatable bonds is 2. The third kappa shape index (κ3) is 2.57. The molecule has 0 radical (unpaired) electrons. The minimum absolute atomic E-state index is 0.118. The van der Waals surface area contributed by atoms with Gasteiger partial charge in [0.2, 0.25) is 5.91 Å². The van der Waals surface area contributed by atoms with E-state index in [9.17, 15) is 4.79 Å². The molecule has 2 aliphatic rings. The molecule has 0 unspecified atom stereocenters. The average molecular weight is 314 g/mol. The second-order valence-electron chi connectivity index (χ2n) is 6.61. The Bertz CT molecular complexity index is 679.